The number of hydrogen-bond donors (Lipinski definition) is 13. The summed E-state index contributed by atoms with van der Waals surface area (Å²) in [6.07, 6.45) is 7.11. The van der Waals surface area contributed by atoms with Crippen LogP contribution in [0.2, 0.25) is 5.02 Å². The lowest BCUT2D eigenvalue weighted by Gasteiger charge is -2.08. The number of nitrogens with zero attached hydrogens (tertiary/aromatic N) is 1. The van der Waals surface area contributed by atoms with Crippen molar-refractivity contribution in [1.82, 2.24) is 4.98 Å². The molecule has 0 fully saturated rings. The predicted molar refractivity (Wildman–Crippen MR) is 338 cm³/mol. The average molecular weight is 1250 g/mol. The van der Waals surface area contributed by atoms with Crippen LogP contribution in [0.25, 0.3) is 0 Å². The highest BCUT2D eigenvalue weighted by molar-refractivity contribution is 7.98. The van der Waals surface area contributed by atoms with E-state index in [0.29, 0.717) is 43.5 Å². The summed E-state index contributed by atoms with van der Waals surface area (Å²) in [5, 5.41) is 62.2. The molecule has 470 valence electrons. The Balaban J connectivity index is 0.000000984. The molecule has 0 bridgehead atoms. The zero-order valence-corrected chi connectivity index (χ0v) is 50.7. The van der Waals surface area contributed by atoms with Crippen LogP contribution in [0.4, 0.5) is 0 Å². The smallest absolute Gasteiger partial charge is 0.320 e. The molecule has 0 amide bonds. The molecule has 7 atom stereocenters. The van der Waals surface area contributed by atoms with Gasteiger partial charge in [0, 0.05) is 35.5 Å². The van der Waals surface area contributed by atoms with Crippen LogP contribution in [0.15, 0.2) is 156 Å². The molecule has 0 radical (unpaired) electrons. The first-order valence-corrected chi connectivity index (χ1v) is 29.9. The molecule has 86 heavy (non-hydrogen) atoms. The number of thiazole rings is 1. The molecule has 0 aliphatic carbocycles. The number of nitrogens with two attached hydrogens (primary N) is 6. The van der Waals surface area contributed by atoms with Crippen LogP contribution in [0.1, 0.15) is 72.5 Å². The predicted octanol–water partition coefficient (Wildman–Crippen LogP) is 7.22. The van der Waals surface area contributed by atoms with Crippen molar-refractivity contribution in [1.29, 1.82) is 0 Å². The van der Waals surface area contributed by atoms with Gasteiger partial charge in [-0.15, -0.1) is 11.3 Å². The highest BCUT2D eigenvalue weighted by Gasteiger charge is 2.17. The van der Waals surface area contributed by atoms with E-state index in [4.69, 9.17) is 81.7 Å². The lowest BCUT2D eigenvalue weighted by Crippen LogP contribution is -2.32. The summed E-state index contributed by atoms with van der Waals surface area (Å²) in [6.45, 7) is 2.09. The monoisotopic (exact) mass is 1250 g/mol. The van der Waals surface area contributed by atoms with E-state index in [1.807, 2.05) is 135 Å². The van der Waals surface area contributed by atoms with Gasteiger partial charge >= 0.3 is 41.8 Å². The van der Waals surface area contributed by atoms with Crippen LogP contribution in [-0.4, -0.2) is 131 Å². The van der Waals surface area contributed by atoms with Gasteiger partial charge in [0.1, 0.15) is 18.1 Å². The van der Waals surface area contributed by atoms with Crippen molar-refractivity contribution < 1.29 is 69.3 Å². The quantitative estimate of drug-likeness (QED) is 0.0242. The Morgan fingerprint density at radius 2 is 0.907 bits per heavy atom. The fourth-order valence-corrected chi connectivity index (χ4v) is 8.29. The number of carbonyl (C=O) groups is 7. The molecule has 6 rings (SSSR count). The summed E-state index contributed by atoms with van der Waals surface area (Å²) in [4.78, 5) is 76.8. The van der Waals surface area contributed by atoms with Crippen LogP contribution < -0.4 is 34.4 Å². The zero-order valence-electron chi connectivity index (χ0n) is 48.3. The third-order valence-electron chi connectivity index (χ3n) is 11.9. The molecule has 0 saturated carbocycles. The van der Waals surface area contributed by atoms with E-state index >= 15 is 0 Å². The first kappa shape index (κ1) is 78.4. The second-order valence-corrected chi connectivity index (χ2v) is 21.2. The van der Waals surface area contributed by atoms with Crippen molar-refractivity contribution in [2.24, 2.45) is 46.2 Å². The minimum atomic E-state index is -1.01. The van der Waals surface area contributed by atoms with Gasteiger partial charge in [-0.3, -0.25) is 33.6 Å². The number of thioether (sulfide) groups is 1. The molecule has 1 heterocycles. The van der Waals surface area contributed by atoms with Crippen LogP contribution in [0, 0.1) is 11.8 Å². The molecule has 19 N–H and O–H groups in total. The molecule has 0 aliphatic rings. The first-order chi connectivity index (χ1) is 40.8. The maximum absolute atomic E-state index is 10.7. The molecule has 0 aliphatic heterocycles. The fraction of sp³-hybridized carbons (Fsp3) is 0.355. The second-order valence-electron chi connectivity index (χ2n) is 19.1. The van der Waals surface area contributed by atoms with Gasteiger partial charge in [0.25, 0.3) is 0 Å². The molecule has 5 aromatic carbocycles. The molecule has 21 nitrogen and oxygen atoms in total. The van der Waals surface area contributed by atoms with Gasteiger partial charge in [0.2, 0.25) is 0 Å². The number of carboxylic acids is 7. The normalized spacial score (nSPS) is 12.5. The van der Waals surface area contributed by atoms with E-state index in [-0.39, 0.29) is 43.8 Å². The number of aromatic nitrogens is 1. The molecule has 1 aromatic heterocycles. The van der Waals surface area contributed by atoms with Crippen LogP contribution in [-0.2, 0) is 72.1 Å². The Morgan fingerprint density at radius 1 is 0.500 bits per heavy atom. The van der Waals surface area contributed by atoms with E-state index in [9.17, 15) is 33.6 Å². The summed E-state index contributed by atoms with van der Waals surface area (Å²) < 4.78 is 0. The molecule has 0 spiro atoms. The van der Waals surface area contributed by atoms with Crippen molar-refractivity contribution in [3.05, 3.63) is 195 Å². The van der Waals surface area contributed by atoms with Crippen molar-refractivity contribution in [2.45, 2.75) is 108 Å². The van der Waals surface area contributed by atoms with Gasteiger partial charge in [-0.2, -0.15) is 11.8 Å². The van der Waals surface area contributed by atoms with E-state index < -0.39 is 65.8 Å². The minimum absolute atomic E-state index is 0.0227. The number of carboxylic acid groups (broad SMARTS) is 7. The molecular weight excluding hydrogens is 1170 g/mol. The Kier molecular flexibility index (Phi) is 43.4. The van der Waals surface area contributed by atoms with Crippen molar-refractivity contribution in [2.75, 3.05) is 18.6 Å². The van der Waals surface area contributed by atoms with Crippen molar-refractivity contribution in [3.8, 4) is 0 Å². The topological polar surface area (TPSA) is 430 Å². The number of benzene rings is 5. The molecule has 24 heteroatoms. The number of halogens is 1. The van der Waals surface area contributed by atoms with E-state index in [1.165, 1.54) is 16.9 Å². The maximum Gasteiger partial charge on any atom is 0.320 e. The van der Waals surface area contributed by atoms with Crippen LogP contribution >= 0.6 is 34.7 Å². The average Bonchev–Trinajstić information content (AvgIpc) is 4.17. The SMILES string of the molecule is CC[C@@H](Cc1ccccc1)C(=O)O.CSCC[C@H](N)C(=O)O.NCC(Cc1ccccc1)C(=O)O.N[C@@H](CCc1ccccc1)CC(=O)O.N[C@@H](Cc1ccccc1Cl)C(=O)O.N[C@@H](Cc1cscn1)C(=O)O.N[C@H](CC(=O)O)Cc1ccccc1. The summed E-state index contributed by atoms with van der Waals surface area (Å²) in [6, 6.07) is 43.0. The molecule has 1 unspecified atom stereocenters. The lowest BCUT2D eigenvalue weighted by atomic mass is 9.97. The third kappa shape index (κ3) is 40.6. The number of rotatable bonds is 27. The zero-order chi connectivity index (χ0) is 64.8. The van der Waals surface area contributed by atoms with Gasteiger partial charge in [-0.05, 0) is 97.3 Å². The summed E-state index contributed by atoms with van der Waals surface area (Å²) in [5.74, 6) is -6.02. The van der Waals surface area contributed by atoms with E-state index in [2.05, 4.69) is 4.98 Å². The van der Waals surface area contributed by atoms with Gasteiger partial charge in [-0.25, -0.2) is 4.98 Å². The summed E-state index contributed by atoms with van der Waals surface area (Å²) in [5.41, 5.74) is 40.0. The van der Waals surface area contributed by atoms with E-state index in [0.717, 1.165) is 46.5 Å². The highest BCUT2D eigenvalue weighted by Crippen LogP contribution is 2.17. The number of aryl methyl sites for hydroxylation is 1. The van der Waals surface area contributed by atoms with Crippen LogP contribution in [0.5, 0.6) is 0 Å². The maximum atomic E-state index is 10.7. The van der Waals surface area contributed by atoms with Crippen molar-refractivity contribution >= 4 is 76.5 Å². The van der Waals surface area contributed by atoms with Gasteiger partial charge in [0.15, 0.2) is 0 Å². The standard InChI is InChI=1S/C11H15NO2.C11H14O2.2C10H13NO2.C9H10ClNO2.C6H8N2O2S.C5H11NO2S/c12-10(8-11(13)14)7-6-9-4-2-1-3-5-9;1-2-10(11(12)13)8-9-6-4-3-5-7-9;11-7-9(10(12)13)6-8-4-2-1-3-5-8;11-9(7-10(12)13)6-8-4-2-1-3-5-8;10-7-4-2-1-3-6(7)5-8(11)9(12)13;7-5(6(9)10)1-4-2-11-3-8-4;1-9-3-2-4(6)5(7)8/h1-5,10H,6-8,12H2,(H,13,14);3-7,10H,2,8H2,1H3,(H,12,13);2*1-5,9H,6-7,11H2,(H,12,13);1-4,8H,5,11H2,(H,12,13);2-3,5H,1,7H2,(H,9,10);4H,2-3,6H2,1H3,(H,7,8)/t2*10-;;9-;8-;5-;4-/m00.0000/s1. The largest absolute Gasteiger partial charge is 0.481 e. The third-order valence-corrected chi connectivity index (χ3v) is 13.5. The molecular formula is C62H84ClN7O14S2. The lowest BCUT2D eigenvalue weighted by molar-refractivity contribution is -0.142. The Bertz CT molecular complexity index is 2740. The highest BCUT2D eigenvalue weighted by atomic mass is 35.5. The van der Waals surface area contributed by atoms with Gasteiger partial charge < -0.3 is 70.1 Å². The van der Waals surface area contributed by atoms with Gasteiger partial charge in [-0.1, -0.05) is 158 Å². The van der Waals surface area contributed by atoms with Crippen molar-refractivity contribution in [3.63, 3.8) is 0 Å². The Labute approximate surface area is 515 Å². The number of hydrogen-bond acceptors (Lipinski definition) is 16. The van der Waals surface area contributed by atoms with E-state index in [1.54, 1.807) is 46.9 Å². The number of aliphatic carboxylic acids is 7. The van der Waals surface area contributed by atoms with Crippen LogP contribution in [0.3, 0.4) is 0 Å². The fourth-order valence-electron chi connectivity index (χ4n) is 7.02. The Hall–Kier alpha value is -7.58. The summed E-state index contributed by atoms with van der Waals surface area (Å²) >= 11 is 8.86. The Morgan fingerprint density at radius 3 is 1.29 bits per heavy atom. The first-order valence-electron chi connectivity index (χ1n) is 27.1. The van der Waals surface area contributed by atoms with Gasteiger partial charge in [0.05, 0.1) is 35.9 Å². The minimum Gasteiger partial charge on any atom is -0.481 e. The molecule has 6 aromatic rings. The summed E-state index contributed by atoms with van der Waals surface area (Å²) in [7, 11) is 0. The molecule has 0 saturated heterocycles. The second kappa shape index (κ2) is 47.6.